The average Bonchev–Trinajstić information content (AvgIpc) is 3.03. The SMILES string of the molecule is COc1ccc(-c2nc(C)c(C(=O)O)s2)cc1OCc1ccccc1C. The molecule has 1 heterocycles. The molecular weight excluding hydrogens is 350 g/mol. The Kier molecular flexibility index (Phi) is 5.23. The monoisotopic (exact) mass is 369 g/mol. The fraction of sp³-hybridized carbons (Fsp3) is 0.200. The lowest BCUT2D eigenvalue weighted by Gasteiger charge is -2.13. The summed E-state index contributed by atoms with van der Waals surface area (Å²) in [5.41, 5.74) is 3.56. The second kappa shape index (κ2) is 7.58. The number of carbonyl (C=O) groups is 1. The van der Waals surface area contributed by atoms with Crippen molar-refractivity contribution in [3.63, 3.8) is 0 Å². The number of benzene rings is 2. The molecule has 1 N–H and O–H groups in total. The van der Waals surface area contributed by atoms with Gasteiger partial charge in [0.15, 0.2) is 11.5 Å². The quantitative estimate of drug-likeness (QED) is 0.681. The molecule has 2 aromatic carbocycles. The van der Waals surface area contributed by atoms with Gasteiger partial charge in [0.05, 0.1) is 12.8 Å². The van der Waals surface area contributed by atoms with Gasteiger partial charge in [0, 0.05) is 5.56 Å². The first-order chi connectivity index (χ1) is 12.5. The van der Waals surface area contributed by atoms with Crippen LogP contribution in [0.15, 0.2) is 42.5 Å². The molecule has 0 atom stereocenters. The van der Waals surface area contributed by atoms with Crippen molar-refractivity contribution < 1.29 is 19.4 Å². The number of aromatic nitrogens is 1. The molecule has 0 aliphatic rings. The number of aryl methyl sites for hydroxylation is 2. The number of hydrogen-bond donors (Lipinski definition) is 1. The standard InChI is InChI=1S/C20H19NO4S/c1-12-6-4-5-7-15(12)11-25-17-10-14(8-9-16(17)24-3)19-21-13(2)18(26-19)20(22)23/h4-10H,11H2,1-3H3,(H,22,23). The van der Waals surface area contributed by atoms with E-state index in [0.717, 1.165) is 28.0 Å². The van der Waals surface area contributed by atoms with E-state index in [-0.39, 0.29) is 4.88 Å². The summed E-state index contributed by atoms with van der Waals surface area (Å²) in [6.45, 7) is 4.16. The Hall–Kier alpha value is -2.86. The number of thiazole rings is 1. The first-order valence-electron chi connectivity index (χ1n) is 8.06. The molecule has 0 aliphatic heterocycles. The zero-order valence-electron chi connectivity index (χ0n) is 14.8. The normalized spacial score (nSPS) is 10.6. The van der Waals surface area contributed by atoms with Crippen LogP contribution in [0.25, 0.3) is 10.6 Å². The molecule has 0 bridgehead atoms. The Morgan fingerprint density at radius 3 is 2.58 bits per heavy atom. The molecular formula is C20H19NO4S. The molecule has 0 saturated carbocycles. The summed E-state index contributed by atoms with van der Waals surface area (Å²) >= 11 is 1.15. The summed E-state index contributed by atoms with van der Waals surface area (Å²) in [5, 5.41) is 9.87. The van der Waals surface area contributed by atoms with Crippen molar-refractivity contribution in [2.24, 2.45) is 0 Å². The Bertz CT molecular complexity index is 949. The number of rotatable bonds is 6. The summed E-state index contributed by atoms with van der Waals surface area (Å²) < 4.78 is 11.4. The second-order valence-corrected chi connectivity index (χ2v) is 6.82. The minimum Gasteiger partial charge on any atom is -0.493 e. The fourth-order valence-corrected chi connectivity index (χ4v) is 3.47. The van der Waals surface area contributed by atoms with Crippen molar-refractivity contribution in [3.05, 3.63) is 64.2 Å². The molecule has 0 saturated heterocycles. The van der Waals surface area contributed by atoms with Crippen molar-refractivity contribution in [1.82, 2.24) is 4.98 Å². The Labute approximate surface area is 155 Å². The third-order valence-corrected chi connectivity index (χ3v) is 5.24. The maximum Gasteiger partial charge on any atom is 0.347 e. The van der Waals surface area contributed by atoms with E-state index in [1.165, 1.54) is 0 Å². The summed E-state index contributed by atoms with van der Waals surface area (Å²) in [6.07, 6.45) is 0. The minimum atomic E-state index is -0.962. The van der Waals surface area contributed by atoms with Gasteiger partial charge in [-0.15, -0.1) is 11.3 Å². The zero-order chi connectivity index (χ0) is 18.7. The van der Waals surface area contributed by atoms with Crippen molar-refractivity contribution in [3.8, 4) is 22.1 Å². The molecule has 0 unspecified atom stereocenters. The molecule has 0 amide bonds. The van der Waals surface area contributed by atoms with Crippen LogP contribution < -0.4 is 9.47 Å². The van der Waals surface area contributed by atoms with Gasteiger partial charge in [0.1, 0.15) is 16.5 Å². The minimum absolute atomic E-state index is 0.248. The highest BCUT2D eigenvalue weighted by Crippen LogP contribution is 2.35. The van der Waals surface area contributed by atoms with Crippen LogP contribution in [0, 0.1) is 13.8 Å². The van der Waals surface area contributed by atoms with Gasteiger partial charge in [0.2, 0.25) is 0 Å². The molecule has 3 rings (SSSR count). The number of aromatic carboxylic acids is 1. The summed E-state index contributed by atoms with van der Waals surface area (Å²) in [6, 6.07) is 13.5. The fourth-order valence-electron chi connectivity index (χ4n) is 2.57. The number of methoxy groups -OCH3 is 1. The number of ether oxygens (including phenoxy) is 2. The smallest absolute Gasteiger partial charge is 0.347 e. The van der Waals surface area contributed by atoms with Gasteiger partial charge in [-0.2, -0.15) is 0 Å². The van der Waals surface area contributed by atoms with Crippen LogP contribution in [0.5, 0.6) is 11.5 Å². The number of hydrogen-bond acceptors (Lipinski definition) is 5. The Morgan fingerprint density at radius 1 is 1.15 bits per heavy atom. The van der Waals surface area contributed by atoms with E-state index in [0.29, 0.717) is 28.8 Å². The molecule has 5 nitrogen and oxygen atoms in total. The van der Waals surface area contributed by atoms with Crippen LogP contribution in [0.3, 0.4) is 0 Å². The van der Waals surface area contributed by atoms with Crippen LogP contribution in [0.1, 0.15) is 26.5 Å². The van der Waals surface area contributed by atoms with Crippen LogP contribution in [-0.2, 0) is 6.61 Å². The van der Waals surface area contributed by atoms with Gasteiger partial charge in [0.25, 0.3) is 0 Å². The molecule has 3 aromatic rings. The van der Waals surface area contributed by atoms with Gasteiger partial charge in [-0.3, -0.25) is 0 Å². The predicted molar refractivity (Wildman–Crippen MR) is 101 cm³/mol. The van der Waals surface area contributed by atoms with E-state index in [1.54, 1.807) is 20.1 Å². The van der Waals surface area contributed by atoms with Crippen molar-refractivity contribution in [2.45, 2.75) is 20.5 Å². The highest BCUT2D eigenvalue weighted by molar-refractivity contribution is 7.17. The number of carboxylic acid groups (broad SMARTS) is 1. The van der Waals surface area contributed by atoms with Gasteiger partial charge < -0.3 is 14.6 Å². The van der Waals surface area contributed by atoms with E-state index in [9.17, 15) is 9.90 Å². The lowest BCUT2D eigenvalue weighted by atomic mass is 10.1. The number of carboxylic acids is 1. The predicted octanol–water partition coefficient (Wildman–Crippen LogP) is 4.71. The van der Waals surface area contributed by atoms with Crippen LogP contribution in [0.2, 0.25) is 0 Å². The summed E-state index contributed by atoms with van der Waals surface area (Å²) in [5.74, 6) is 0.253. The lowest BCUT2D eigenvalue weighted by Crippen LogP contribution is -1.99. The van der Waals surface area contributed by atoms with E-state index in [4.69, 9.17) is 9.47 Å². The second-order valence-electron chi connectivity index (χ2n) is 5.82. The Balaban J connectivity index is 1.90. The molecule has 1 aromatic heterocycles. The van der Waals surface area contributed by atoms with Crippen LogP contribution in [-0.4, -0.2) is 23.2 Å². The average molecular weight is 369 g/mol. The molecule has 0 spiro atoms. The van der Waals surface area contributed by atoms with E-state index in [1.807, 2.05) is 43.3 Å². The van der Waals surface area contributed by atoms with Crippen molar-refractivity contribution >= 4 is 17.3 Å². The third-order valence-electron chi connectivity index (χ3n) is 4.05. The van der Waals surface area contributed by atoms with E-state index >= 15 is 0 Å². The first kappa shape index (κ1) is 17.9. The zero-order valence-corrected chi connectivity index (χ0v) is 15.6. The maximum atomic E-state index is 11.3. The summed E-state index contributed by atoms with van der Waals surface area (Å²) in [7, 11) is 1.59. The highest BCUT2D eigenvalue weighted by Gasteiger charge is 2.16. The third kappa shape index (κ3) is 3.70. The van der Waals surface area contributed by atoms with Crippen molar-refractivity contribution in [2.75, 3.05) is 7.11 Å². The van der Waals surface area contributed by atoms with Gasteiger partial charge in [-0.05, 0) is 43.2 Å². The molecule has 26 heavy (non-hydrogen) atoms. The van der Waals surface area contributed by atoms with Gasteiger partial charge in [-0.1, -0.05) is 24.3 Å². The Morgan fingerprint density at radius 2 is 1.92 bits per heavy atom. The molecule has 0 aliphatic carbocycles. The first-order valence-corrected chi connectivity index (χ1v) is 8.87. The van der Waals surface area contributed by atoms with Crippen molar-refractivity contribution in [1.29, 1.82) is 0 Å². The molecule has 6 heteroatoms. The topological polar surface area (TPSA) is 68.7 Å². The van der Waals surface area contributed by atoms with E-state index in [2.05, 4.69) is 4.98 Å². The molecule has 0 fully saturated rings. The van der Waals surface area contributed by atoms with E-state index < -0.39 is 5.97 Å². The molecule has 134 valence electrons. The van der Waals surface area contributed by atoms with Crippen LogP contribution >= 0.6 is 11.3 Å². The highest BCUT2D eigenvalue weighted by atomic mass is 32.1. The van der Waals surface area contributed by atoms with Gasteiger partial charge in [-0.25, -0.2) is 9.78 Å². The number of nitrogens with zero attached hydrogens (tertiary/aromatic N) is 1. The lowest BCUT2D eigenvalue weighted by molar-refractivity contribution is 0.0701. The maximum absolute atomic E-state index is 11.3. The van der Waals surface area contributed by atoms with Crippen LogP contribution in [0.4, 0.5) is 0 Å². The summed E-state index contributed by atoms with van der Waals surface area (Å²) in [4.78, 5) is 15.9. The molecule has 0 radical (unpaired) electrons. The van der Waals surface area contributed by atoms with Gasteiger partial charge >= 0.3 is 5.97 Å². The largest absolute Gasteiger partial charge is 0.493 e.